The van der Waals surface area contributed by atoms with Crippen LogP contribution in [0.25, 0.3) is 11.6 Å². The van der Waals surface area contributed by atoms with E-state index in [0.717, 1.165) is 6.42 Å². The first-order valence-corrected chi connectivity index (χ1v) is 8.80. The van der Waals surface area contributed by atoms with Crippen molar-refractivity contribution in [2.45, 2.75) is 43.8 Å². The van der Waals surface area contributed by atoms with Gasteiger partial charge < -0.3 is 15.6 Å². The van der Waals surface area contributed by atoms with Crippen molar-refractivity contribution < 1.29 is 9.21 Å². The summed E-state index contributed by atoms with van der Waals surface area (Å²) in [4.78, 5) is 12.1. The zero-order valence-corrected chi connectivity index (χ0v) is 13.9. The Morgan fingerprint density at radius 2 is 2.30 bits per heavy atom. The van der Waals surface area contributed by atoms with Crippen LogP contribution >= 0.6 is 11.8 Å². The lowest BCUT2D eigenvalue weighted by Crippen LogP contribution is -2.41. The van der Waals surface area contributed by atoms with Crippen LogP contribution < -0.4 is 11.2 Å². The average Bonchev–Trinajstić information content (AvgIpc) is 3.17. The summed E-state index contributed by atoms with van der Waals surface area (Å²) in [5.41, 5.74) is 0. The van der Waals surface area contributed by atoms with E-state index in [2.05, 4.69) is 22.4 Å². The quantitative estimate of drug-likeness (QED) is 0.641. The summed E-state index contributed by atoms with van der Waals surface area (Å²) in [7, 11) is 0. The average molecular weight is 335 g/mol. The summed E-state index contributed by atoms with van der Waals surface area (Å²) in [5, 5.41) is 11.6. The van der Waals surface area contributed by atoms with Crippen LogP contribution in [0.4, 0.5) is 0 Å². The molecule has 0 aromatic carbocycles. The highest BCUT2D eigenvalue weighted by atomic mass is 32.2. The van der Waals surface area contributed by atoms with Gasteiger partial charge in [0.15, 0.2) is 5.76 Å². The largest absolute Gasteiger partial charge is 0.461 e. The van der Waals surface area contributed by atoms with Crippen LogP contribution in [-0.4, -0.2) is 32.6 Å². The van der Waals surface area contributed by atoms with Crippen LogP contribution in [0, 0.1) is 5.92 Å². The molecule has 7 nitrogen and oxygen atoms in total. The van der Waals surface area contributed by atoms with Gasteiger partial charge >= 0.3 is 0 Å². The van der Waals surface area contributed by atoms with Gasteiger partial charge in [-0.3, -0.25) is 4.79 Å². The molecule has 1 aliphatic carbocycles. The van der Waals surface area contributed by atoms with Crippen LogP contribution in [0.15, 0.2) is 28.0 Å². The number of nitrogens with two attached hydrogens (primary N) is 1. The molecule has 0 radical (unpaired) electrons. The number of carbonyl (C=O) groups is 1. The predicted molar refractivity (Wildman–Crippen MR) is 88.2 cm³/mol. The zero-order chi connectivity index (χ0) is 16.2. The molecule has 0 spiro atoms. The van der Waals surface area contributed by atoms with Gasteiger partial charge in [-0.1, -0.05) is 31.5 Å². The molecular formula is C15H21N5O2S. The lowest BCUT2D eigenvalue weighted by atomic mass is 9.86. The maximum Gasteiger partial charge on any atom is 0.230 e. The van der Waals surface area contributed by atoms with Crippen LogP contribution in [0.2, 0.25) is 0 Å². The number of amides is 1. The van der Waals surface area contributed by atoms with E-state index < -0.39 is 0 Å². The summed E-state index contributed by atoms with van der Waals surface area (Å²) >= 11 is 1.27. The number of nitrogens with zero attached hydrogens (tertiary/aromatic N) is 3. The molecule has 23 heavy (non-hydrogen) atoms. The van der Waals surface area contributed by atoms with E-state index in [1.165, 1.54) is 35.7 Å². The number of nitrogens with one attached hydrogen (secondary N) is 1. The van der Waals surface area contributed by atoms with Gasteiger partial charge in [-0.15, -0.1) is 10.2 Å². The second-order valence-electron chi connectivity index (χ2n) is 5.88. The fraction of sp³-hybridized carbons (Fsp3) is 0.533. The Hall–Kier alpha value is -1.96. The molecule has 0 aliphatic heterocycles. The fourth-order valence-electron chi connectivity index (χ4n) is 2.86. The maximum absolute atomic E-state index is 12.1. The van der Waals surface area contributed by atoms with Gasteiger partial charge in [0.1, 0.15) is 0 Å². The standard InChI is InChI=1S/C15H21N5O2S/c1-10-5-2-3-6-11(10)17-13(21)9-23-15-19-18-14(20(15)16)12-7-4-8-22-12/h4,7-8,10-11H,2-3,5-6,9,16H2,1H3,(H,17,21)/t10-,11+/m1/s1. The molecule has 2 atom stereocenters. The molecule has 2 aromatic heterocycles. The second kappa shape index (κ2) is 7.08. The molecule has 0 bridgehead atoms. The third-order valence-corrected chi connectivity index (χ3v) is 5.14. The van der Waals surface area contributed by atoms with E-state index in [4.69, 9.17) is 10.3 Å². The number of aromatic nitrogens is 3. The predicted octanol–water partition coefficient (Wildman–Crippen LogP) is 2.04. The molecule has 0 unspecified atom stereocenters. The Morgan fingerprint density at radius 1 is 1.48 bits per heavy atom. The van der Waals surface area contributed by atoms with Crippen molar-refractivity contribution in [1.82, 2.24) is 20.2 Å². The van der Waals surface area contributed by atoms with Gasteiger partial charge in [0.2, 0.25) is 16.9 Å². The summed E-state index contributed by atoms with van der Waals surface area (Å²) in [6, 6.07) is 3.81. The Kier molecular flexibility index (Phi) is 4.90. The summed E-state index contributed by atoms with van der Waals surface area (Å²) in [6.45, 7) is 2.20. The molecule has 1 fully saturated rings. The van der Waals surface area contributed by atoms with Gasteiger partial charge in [-0.2, -0.15) is 0 Å². The highest BCUT2D eigenvalue weighted by Crippen LogP contribution is 2.24. The summed E-state index contributed by atoms with van der Waals surface area (Å²) in [6.07, 6.45) is 6.24. The highest BCUT2D eigenvalue weighted by Gasteiger charge is 2.23. The van der Waals surface area contributed by atoms with E-state index in [9.17, 15) is 4.79 Å². The first-order valence-electron chi connectivity index (χ1n) is 7.81. The van der Waals surface area contributed by atoms with E-state index in [0.29, 0.717) is 22.7 Å². The molecule has 124 valence electrons. The minimum absolute atomic E-state index is 0.0105. The van der Waals surface area contributed by atoms with E-state index >= 15 is 0 Å². The topological polar surface area (TPSA) is 99.0 Å². The second-order valence-corrected chi connectivity index (χ2v) is 6.82. The molecule has 3 N–H and O–H groups in total. The summed E-state index contributed by atoms with van der Waals surface area (Å²) < 4.78 is 6.61. The van der Waals surface area contributed by atoms with Crippen molar-refractivity contribution in [3.05, 3.63) is 18.4 Å². The normalized spacial score (nSPS) is 21.3. The van der Waals surface area contributed by atoms with Crippen molar-refractivity contribution in [3.63, 3.8) is 0 Å². The third-order valence-electron chi connectivity index (χ3n) is 4.20. The Balaban J connectivity index is 1.55. The molecule has 1 saturated carbocycles. The van der Waals surface area contributed by atoms with Crippen LogP contribution in [0.5, 0.6) is 0 Å². The van der Waals surface area contributed by atoms with Gasteiger partial charge in [0.25, 0.3) is 0 Å². The Morgan fingerprint density at radius 3 is 3.04 bits per heavy atom. The van der Waals surface area contributed by atoms with Crippen molar-refractivity contribution in [2.24, 2.45) is 5.92 Å². The number of furan rings is 1. The number of thioether (sulfide) groups is 1. The Labute approximate surface area is 139 Å². The number of carbonyl (C=O) groups excluding carboxylic acids is 1. The minimum Gasteiger partial charge on any atom is -0.461 e. The Bertz CT molecular complexity index is 655. The van der Waals surface area contributed by atoms with E-state index in [1.807, 2.05) is 0 Å². The first kappa shape index (κ1) is 15.9. The number of rotatable bonds is 5. The van der Waals surface area contributed by atoms with Crippen molar-refractivity contribution in [2.75, 3.05) is 11.6 Å². The third kappa shape index (κ3) is 3.69. The maximum atomic E-state index is 12.1. The molecule has 0 saturated heterocycles. The smallest absolute Gasteiger partial charge is 0.230 e. The molecular weight excluding hydrogens is 314 g/mol. The molecule has 1 aliphatic rings. The first-order chi connectivity index (χ1) is 11.1. The minimum atomic E-state index is 0.0105. The number of hydrogen-bond acceptors (Lipinski definition) is 6. The van der Waals surface area contributed by atoms with Gasteiger partial charge in [-0.25, -0.2) is 4.68 Å². The van der Waals surface area contributed by atoms with Gasteiger partial charge in [0, 0.05) is 6.04 Å². The number of nitrogen functional groups attached to an aromatic ring is 1. The van der Waals surface area contributed by atoms with Crippen molar-refractivity contribution in [3.8, 4) is 11.6 Å². The van der Waals surface area contributed by atoms with Crippen LogP contribution in [0.1, 0.15) is 32.6 Å². The zero-order valence-electron chi connectivity index (χ0n) is 13.1. The van der Waals surface area contributed by atoms with Crippen molar-refractivity contribution in [1.29, 1.82) is 0 Å². The van der Waals surface area contributed by atoms with Crippen LogP contribution in [-0.2, 0) is 4.79 Å². The lowest BCUT2D eigenvalue weighted by Gasteiger charge is -2.29. The van der Waals surface area contributed by atoms with E-state index in [1.54, 1.807) is 18.4 Å². The molecule has 3 rings (SSSR count). The molecule has 8 heteroatoms. The number of hydrogen-bond donors (Lipinski definition) is 2. The molecule has 1 amide bonds. The van der Waals surface area contributed by atoms with Gasteiger partial charge in [0.05, 0.1) is 12.0 Å². The lowest BCUT2D eigenvalue weighted by molar-refractivity contribution is -0.119. The SMILES string of the molecule is C[C@@H]1CCCC[C@@H]1NC(=O)CSc1nnc(-c2ccco2)n1N. The van der Waals surface area contributed by atoms with E-state index in [-0.39, 0.29) is 17.7 Å². The molecule has 2 heterocycles. The van der Waals surface area contributed by atoms with Crippen LogP contribution in [0.3, 0.4) is 0 Å². The summed E-state index contributed by atoms with van der Waals surface area (Å²) in [5.74, 6) is 7.79. The van der Waals surface area contributed by atoms with Crippen molar-refractivity contribution >= 4 is 17.7 Å². The molecule has 2 aromatic rings. The highest BCUT2D eigenvalue weighted by molar-refractivity contribution is 7.99. The fourth-order valence-corrected chi connectivity index (χ4v) is 3.53. The monoisotopic (exact) mass is 335 g/mol. The van der Waals surface area contributed by atoms with Gasteiger partial charge in [-0.05, 0) is 30.9 Å².